The van der Waals surface area contributed by atoms with Crippen molar-refractivity contribution in [2.75, 3.05) is 0 Å². The highest BCUT2D eigenvalue weighted by Crippen LogP contribution is 0.0813. The van der Waals surface area contributed by atoms with Crippen LogP contribution in [0.25, 0.3) is 0 Å². The molecular weight excluding hydrogens is 52.8 g/mol. The van der Waals surface area contributed by atoms with Gasteiger partial charge in [0.15, 0.2) is 0 Å². The highest BCUT2D eigenvalue weighted by atomic mass is 16.0. The van der Waals surface area contributed by atoms with Crippen LogP contribution in [-0.4, -0.2) is 8.41 Å². The first kappa shape index (κ1) is 156000. The Kier molecular flexibility index (Phi) is 2030000000. The summed E-state index contributed by atoms with van der Waals surface area (Å²) in [7, 11) is 0. The molecule has 0 unspecified atom stereocenters. The maximum atomic E-state index is 0. The van der Waals surface area contributed by atoms with Gasteiger partial charge in [0.2, 0.25) is 0 Å². The van der Waals surface area contributed by atoms with E-state index in [2.05, 4.69) is 0 Å². The Labute approximate surface area is 28.7 Å². The van der Waals surface area contributed by atoms with Gasteiger partial charge in [-0.25, -0.2) is 0 Å². The van der Waals surface area contributed by atoms with Gasteiger partial charge in [-0.1, -0.05) is 0 Å². The van der Waals surface area contributed by atoms with Crippen molar-refractivity contribution in [2.24, 2.45) is 0 Å². The van der Waals surface area contributed by atoms with E-state index in [1.807, 2.05) is 0 Å². The smallest absolute Gasteiger partial charge is 0 e. The van der Waals surface area contributed by atoms with E-state index in [-0.39, 0.29) is 27.5 Å². The van der Waals surface area contributed by atoms with E-state index in [4.69, 9.17) is 0 Å². The third-order valence-corrected chi connectivity index (χ3v) is 0. The van der Waals surface area contributed by atoms with E-state index >= 15 is 0 Å². The molecule has 0 N–H and O–H groups in total. The zero-order valence-electron chi connectivity index (χ0n) is 1.93. The standard InChI is InChI=1S/C.B.N.O. The summed E-state index contributed by atoms with van der Waals surface area (Å²) in [5.74, 6) is 0. The first-order valence-corrected chi connectivity index (χ1v) is 0. The van der Waals surface area contributed by atoms with Crippen molar-refractivity contribution in [2.45, 2.75) is 0 Å². The monoisotopic (exact) mass is 53.0 g/mol. The fourth-order valence-corrected chi connectivity index (χ4v) is 0. The number of hydrogen-bond donors (Lipinski definition) is 0. The van der Waals surface area contributed by atoms with Gasteiger partial charge < -0.3 is 0 Å². The van der Waals surface area contributed by atoms with Crippen molar-refractivity contribution in [3.05, 3.63) is 7.43 Å². The lowest BCUT2D eigenvalue weighted by Crippen LogP contribution is -0.481. The minimum absolute atomic E-state index is 0. The maximum Gasteiger partial charge on any atom is 0 e. The second kappa shape index (κ2) is 51800. The minimum Gasteiger partial charge on any atom is 0 e. The Morgan fingerprint density at radius 3 is 1.00 bits per heavy atom. The molecule has 0 spiro atoms. The molecule has 0 aromatic heterocycles. The topological polar surface area (TPSA) is 59.0 Å². The number of nitrogens with zero attached hydrogens (tertiary/aromatic N) is 1. The average Bonchev–Trinajstić information content (AvgIpc) is 0. The molecule has 0 atom stereocenters. The summed E-state index contributed by atoms with van der Waals surface area (Å²) in [6, 6.07) is 0. The SMILES string of the molecule is [B].[C].[N].[O]. The molecule has 0 aliphatic heterocycles. The van der Waals surface area contributed by atoms with Gasteiger partial charge in [-0.15, -0.1) is 0 Å². The van der Waals surface area contributed by atoms with Crippen LogP contribution in [0, 0.1) is 7.43 Å². The van der Waals surface area contributed by atoms with Crippen LogP contribution in [0.3, 0.4) is 0 Å². The molecule has 0 aromatic carbocycles. The Morgan fingerprint density at radius 2 is 1.00 bits per heavy atom. The highest BCUT2D eigenvalue weighted by molar-refractivity contribution is 5.75. The molecule has 0 heterocycles. The van der Waals surface area contributed by atoms with Gasteiger partial charge in [-0.3, -0.25) is 0 Å². The van der Waals surface area contributed by atoms with E-state index in [0.717, 1.165) is 0 Å². The summed E-state index contributed by atoms with van der Waals surface area (Å²) in [5, 5.41) is 0. The van der Waals surface area contributed by atoms with Crippen molar-refractivity contribution in [3.63, 3.8) is 0 Å². The van der Waals surface area contributed by atoms with Crippen molar-refractivity contribution in [1.82, 2.24) is 6.15 Å². The number of rotatable bonds is 0. The van der Waals surface area contributed by atoms with E-state index in [9.17, 15) is 0 Å². The summed E-state index contributed by atoms with van der Waals surface area (Å²) in [6.07, 6.45) is 0. The van der Waals surface area contributed by atoms with Crippen LogP contribution in [-0.2, 0) is 5.48 Å². The van der Waals surface area contributed by atoms with Crippen molar-refractivity contribution in [3.8, 4) is 0 Å². The Bertz CT molecular complexity index is 8.00. The largest absolute Gasteiger partial charge is 0 e. The quantitative estimate of drug-likeness (QED) is 0.321. The summed E-state index contributed by atoms with van der Waals surface area (Å²) in [6.45, 7) is 0. The summed E-state index contributed by atoms with van der Waals surface area (Å²) >= 11 is 0. The van der Waals surface area contributed by atoms with Gasteiger partial charge in [0.25, 0.3) is 0 Å². The van der Waals surface area contributed by atoms with Crippen LogP contribution >= 0.6 is 0 Å². The molecule has 4 heavy (non-hydrogen) atoms. The average molecular weight is 52.8 g/mol. The van der Waals surface area contributed by atoms with E-state index < -0.39 is 0 Å². The lowest BCUT2D eigenvalue weighted by Gasteiger charge is -0.00100. The minimum atomic E-state index is 0. The van der Waals surface area contributed by atoms with E-state index in [1.54, 1.807) is 0 Å². The molecule has 0 aromatic rings. The predicted octanol–water partition coefficient (Wildman–Crippen LogP) is -0.899. The fraction of sp³-hybridized carbons (Fsp3) is 0. The van der Waals surface area contributed by atoms with Crippen molar-refractivity contribution < 1.29 is 5.48 Å². The fourth-order valence-electron chi connectivity index (χ4n) is 0. The van der Waals surface area contributed by atoms with Crippen molar-refractivity contribution >= 4 is 8.41 Å². The van der Waals surface area contributed by atoms with Crippen LogP contribution < -0.4 is 6.15 Å². The molecule has 3 heteroatoms. The molecular formula is CBNO. The van der Waals surface area contributed by atoms with Crippen LogP contribution in [0.15, 0.2) is 0 Å². The molecule has 0 bridgehead atoms. The Morgan fingerprint density at radius 1 is 1.00 bits per heavy atom. The van der Waals surface area contributed by atoms with Gasteiger partial charge in [0, 0.05) is 27.5 Å². The first-order valence-electron chi connectivity index (χ1n) is 0. The second-order valence-corrected chi connectivity index (χ2v) is 0. The van der Waals surface area contributed by atoms with Crippen LogP contribution in [0.4, 0.5) is 0 Å². The summed E-state index contributed by atoms with van der Waals surface area (Å²) in [5.41, 5.74) is 0. The Hall–Kier alpha value is -0.0151. The molecule has 0 rings (SSSR count). The van der Waals surface area contributed by atoms with Crippen molar-refractivity contribution in [1.29, 1.82) is 0 Å². The highest BCUT2D eigenvalue weighted by Gasteiger charge is 0.00300. The molecule has 0 saturated carbocycles. The summed E-state index contributed by atoms with van der Waals surface area (Å²) in [4.78, 5) is 0. The molecule has 0 amide bonds. The van der Waals surface area contributed by atoms with Crippen LogP contribution in [0.5, 0.6) is 0 Å². The van der Waals surface area contributed by atoms with Gasteiger partial charge in [-0.05, 0) is 0 Å². The van der Waals surface area contributed by atoms with E-state index in [0.29, 0.717) is 0 Å². The molecule has 0 saturated heterocycles. The predicted molar refractivity (Wildman–Crippen MR) is 11.8 cm³/mol. The van der Waals surface area contributed by atoms with Gasteiger partial charge in [0.1, 0.15) is 0 Å². The normalized spacial score (nSPS) is 0. The van der Waals surface area contributed by atoms with Gasteiger partial charge in [0.05, 0.1) is 0 Å². The van der Waals surface area contributed by atoms with Gasteiger partial charge in [-0.2, -0.15) is 0 Å². The molecule has 0 aliphatic carbocycles. The third kappa shape index (κ3) is 8480. The molecule has 0 aliphatic rings. The molecule has 18 valence electrons. The van der Waals surface area contributed by atoms with Gasteiger partial charge >= 0.3 is 0 Å². The zero-order chi connectivity index (χ0) is 0. The van der Waals surface area contributed by atoms with Crippen LogP contribution in [0.2, 0.25) is 0 Å². The summed E-state index contributed by atoms with van der Waals surface area (Å²) < 4.78 is 0. The lowest BCUT2D eigenvalue weighted by molar-refractivity contribution is 0.686. The van der Waals surface area contributed by atoms with Crippen LogP contribution in [0.1, 0.15) is 0 Å². The molecule has 12 radical (unpaired) electrons. The maximum absolute atomic E-state index is 0. The number of hydrogen-bond acceptors (Lipinski definition) is 0. The zero-order valence-corrected chi connectivity index (χ0v) is 1.93. The second-order valence-electron chi connectivity index (χ2n) is 0. The lowest BCUT2D eigenvalue weighted by atomic mass is 10.8. The third-order valence-electron chi connectivity index (χ3n) is 0. The molecule has 0 fully saturated rings. The van der Waals surface area contributed by atoms with E-state index in [1.165, 1.54) is 0 Å². The Balaban J connectivity index is 0. The first-order chi connectivity index (χ1) is 0. The molecule has 2 nitrogen and oxygen atoms in total.